The molecule has 0 aromatic rings. The van der Waals surface area contributed by atoms with E-state index in [0.717, 1.165) is 6.42 Å². The maximum absolute atomic E-state index is 11.4. The van der Waals surface area contributed by atoms with E-state index in [-0.39, 0.29) is 35.6 Å². The molecule has 1 heterocycles. The number of rotatable bonds is 0. The average Bonchev–Trinajstić information content (AvgIpc) is 2.71. The van der Waals surface area contributed by atoms with E-state index in [2.05, 4.69) is 36.6 Å². The topological polar surface area (TPSA) is 43.4 Å². The van der Waals surface area contributed by atoms with Crippen LogP contribution in [0.25, 0.3) is 0 Å². The van der Waals surface area contributed by atoms with Crippen molar-refractivity contribution in [3.8, 4) is 0 Å². The van der Waals surface area contributed by atoms with Gasteiger partial charge in [-0.1, -0.05) is 31.9 Å². The lowest BCUT2D eigenvalue weighted by molar-refractivity contribution is -0.154. The Balaban J connectivity index is 2.01. The van der Waals surface area contributed by atoms with Gasteiger partial charge in [0, 0.05) is 9.65 Å². The monoisotopic (exact) mass is 322 g/mol. The van der Waals surface area contributed by atoms with Gasteiger partial charge < -0.3 is 4.74 Å². The van der Waals surface area contributed by atoms with Crippen molar-refractivity contribution in [2.75, 3.05) is 0 Å². The summed E-state index contributed by atoms with van der Waals surface area (Å²) in [5.41, 5.74) is 0. The number of hydrogen-bond donors (Lipinski definition) is 0. The van der Waals surface area contributed by atoms with Crippen molar-refractivity contribution in [2.45, 2.75) is 16.1 Å². The quantitative estimate of drug-likeness (QED) is 0.385. The second-order valence-corrected chi connectivity index (χ2v) is 6.36. The number of hydrogen-bond acceptors (Lipinski definition) is 3. The molecule has 0 aromatic carbocycles. The summed E-state index contributed by atoms with van der Waals surface area (Å²) < 4.78 is 4.69. The smallest absolute Gasteiger partial charge is 0.317 e. The van der Waals surface area contributed by atoms with Crippen molar-refractivity contribution in [1.29, 1.82) is 0 Å². The van der Waals surface area contributed by atoms with Crippen LogP contribution in [0.4, 0.5) is 0 Å². The van der Waals surface area contributed by atoms with Gasteiger partial charge in [0.2, 0.25) is 0 Å². The molecule has 2 bridgehead atoms. The minimum absolute atomic E-state index is 0.175. The molecule has 0 unspecified atom stereocenters. The summed E-state index contributed by atoms with van der Waals surface area (Å²) in [4.78, 5) is 23.5. The van der Waals surface area contributed by atoms with Gasteiger partial charge in [0.15, 0.2) is 0 Å². The van der Waals surface area contributed by atoms with Crippen molar-refractivity contribution < 1.29 is 14.3 Å². The van der Waals surface area contributed by atoms with Crippen LogP contribution < -0.4 is 0 Å². The number of fused-ring (bicyclic) bond motifs is 5. The van der Waals surface area contributed by atoms with Crippen LogP contribution in [0, 0.1) is 23.7 Å². The summed E-state index contributed by atoms with van der Waals surface area (Å²) >= 11 is 7.16. The minimum Gasteiger partial charge on any atom is -0.393 e. The van der Waals surface area contributed by atoms with Crippen LogP contribution in [-0.2, 0) is 14.3 Å². The first-order valence-corrected chi connectivity index (χ1v) is 6.48. The predicted octanol–water partition coefficient (Wildman–Crippen LogP) is 1.48. The summed E-state index contributed by atoms with van der Waals surface area (Å²) in [5, 5.41) is 0. The third-order valence-corrected chi connectivity index (χ3v) is 6.93. The Kier molecular flexibility index (Phi) is 1.88. The highest BCUT2D eigenvalue weighted by Crippen LogP contribution is 2.59. The molecule has 6 atom stereocenters. The van der Waals surface area contributed by atoms with E-state index < -0.39 is 0 Å². The van der Waals surface area contributed by atoms with Gasteiger partial charge in [-0.25, -0.2) is 0 Å². The van der Waals surface area contributed by atoms with Gasteiger partial charge in [0.05, 0.1) is 11.8 Å². The van der Waals surface area contributed by atoms with Crippen LogP contribution in [0.5, 0.6) is 0 Å². The molecule has 2 aliphatic carbocycles. The molecule has 2 saturated carbocycles. The van der Waals surface area contributed by atoms with Crippen LogP contribution in [0.1, 0.15) is 6.42 Å². The van der Waals surface area contributed by atoms with Crippen molar-refractivity contribution in [1.82, 2.24) is 0 Å². The number of halogens is 2. The lowest BCUT2D eigenvalue weighted by Gasteiger charge is -2.27. The Labute approximate surface area is 97.8 Å². The number of esters is 2. The molecule has 3 nitrogen and oxygen atoms in total. The SMILES string of the molecule is O=C1OC(=O)[C@H]2[C@@H]3C[C@@H]([C@H](Br)[C@@H]3Br)[C@@H]12. The summed E-state index contributed by atoms with van der Waals surface area (Å²) in [6, 6.07) is 0. The normalized spacial score (nSPS) is 55.0. The number of ether oxygens (including phenoxy) is 1. The van der Waals surface area contributed by atoms with Crippen molar-refractivity contribution in [2.24, 2.45) is 23.7 Å². The number of cyclic esters (lactones) is 2. The van der Waals surface area contributed by atoms with Crippen LogP contribution >= 0.6 is 31.9 Å². The average molecular weight is 324 g/mol. The summed E-state index contributed by atoms with van der Waals surface area (Å²) in [7, 11) is 0. The van der Waals surface area contributed by atoms with E-state index >= 15 is 0 Å². The highest BCUT2D eigenvalue weighted by Gasteiger charge is 2.65. The fraction of sp³-hybridized carbons (Fsp3) is 0.778. The van der Waals surface area contributed by atoms with E-state index in [1.54, 1.807) is 0 Å². The van der Waals surface area contributed by atoms with Gasteiger partial charge >= 0.3 is 11.9 Å². The number of carbonyl (C=O) groups is 2. The lowest BCUT2D eigenvalue weighted by Crippen LogP contribution is -2.37. The van der Waals surface area contributed by atoms with Crippen LogP contribution in [0.3, 0.4) is 0 Å². The third kappa shape index (κ3) is 0.927. The Morgan fingerprint density at radius 1 is 1.00 bits per heavy atom. The fourth-order valence-corrected chi connectivity index (χ4v) is 5.02. The van der Waals surface area contributed by atoms with Crippen molar-refractivity contribution in [3.05, 3.63) is 0 Å². The summed E-state index contributed by atoms with van der Waals surface area (Å²) in [6.45, 7) is 0. The van der Waals surface area contributed by atoms with E-state index in [4.69, 9.17) is 0 Å². The van der Waals surface area contributed by atoms with E-state index in [1.807, 2.05) is 0 Å². The first-order chi connectivity index (χ1) is 6.61. The summed E-state index contributed by atoms with van der Waals surface area (Å²) in [5.74, 6) is -0.425. The lowest BCUT2D eigenvalue weighted by atomic mass is 9.81. The first kappa shape index (κ1) is 9.33. The zero-order chi connectivity index (χ0) is 10.0. The molecule has 14 heavy (non-hydrogen) atoms. The Hall–Kier alpha value is 0.1000. The van der Waals surface area contributed by atoms with Crippen molar-refractivity contribution >= 4 is 43.8 Å². The molecular formula is C9H8Br2O3. The number of carbonyl (C=O) groups excluding carboxylic acids is 2. The van der Waals surface area contributed by atoms with Gasteiger partial charge in [-0.05, 0) is 18.3 Å². The largest absolute Gasteiger partial charge is 0.393 e. The third-order valence-electron chi connectivity index (χ3n) is 3.72. The second kappa shape index (κ2) is 2.82. The van der Waals surface area contributed by atoms with Gasteiger partial charge in [-0.2, -0.15) is 0 Å². The molecule has 0 radical (unpaired) electrons. The Morgan fingerprint density at radius 3 is 1.86 bits per heavy atom. The highest BCUT2D eigenvalue weighted by atomic mass is 79.9. The molecule has 3 aliphatic rings. The molecular weight excluding hydrogens is 316 g/mol. The standard InChI is InChI=1S/C9H8Br2O3/c10-6-2-1-3(7(6)11)5-4(2)8(12)14-9(5)13/h2-7H,1H2/t2-,3+,4-,5+,6+,7-. The molecule has 1 saturated heterocycles. The molecule has 3 fully saturated rings. The maximum Gasteiger partial charge on any atom is 0.317 e. The van der Waals surface area contributed by atoms with Crippen LogP contribution in [0.15, 0.2) is 0 Å². The van der Waals surface area contributed by atoms with E-state index in [1.165, 1.54) is 0 Å². The molecule has 5 heteroatoms. The molecule has 76 valence electrons. The van der Waals surface area contributed by atoms with Crippen molar-refractivity contribution in [3.63, 3.8) is 0 Å². The zero-order valence-corrected chi connectivity index (χ0v) is 10.3. The van der Waals surface area contributed by atoms with Gasteiger partial charge in [-0.15, -0.1) is 0 Å². The second-order valence-electron chi connectivity index (χ2n) is 4.24. The molecule has 0 spiro atoms. The molecule has 3 rings (SSSR count). The summed E-state index contributed by atoms with van der Waals surface area (Å²) in [6.07, 6.45) is 0.960. The van der Waals surface area contributed by atoms with E-state index in [9.17, 15) is 9.59 Å². The molecule has 0 N–H and O–H groups in total. The molecule has 0 aromatic heterocycles. The first-order valence-electron chi connectivity index (χ1n) is 4.65. The Morgan fingerprint density at radius 2 is 1.43 bits per heavy atom. The van der Waals surface area contributed by atoms with Gasteiger partial charge in [0.25, 0.3) is 0 Å². The number of alkyl halides is 2. The zero-order valence-electron chi connectivity index (χ0n) is 7.15. The van der Waals surface area contributed by atoms with Gasteiger partial charge in [0.1, 0.15) is 0 Å². The maximum atomic E-state index is 11.4. The van der Waals surface area contributed by atoms with Gasteiger partial charge in [-0.3, -0.25) is 9.59 Å². The molecule has 1 aliphatic heterocycles. The van der Waals surface area contributed by atoms with Crippen LogP contribution in [-0.4, -0.2) is 21.6 Å². The predicted molar refractivity (Wildman–Crippen MR) is 55.1 cm³/mol. The van der Waals surface area contributed by atoms with Crippen LogP contribution in [0.2, 0.25) is 0 Å². The Bertz CT molecular complexity index is 300. The molecule has 0 amide bonds. The minimum atomic E-state index is -0.309. The highest BCUT2D eigenvalue weighted by molar-refractivity contribution is 9.12. The van der Waals surface area contributed by atoms with E-state index in [0.29, 0.717) is 9.65 Å². The fourth-order valence-electron chi connectivity index (χ4n) is 3.15.